The highest BCUT2D eigenvalue weighted by atomic mass is 16.7. The number of fused-ring (bicyclic) bond motifs is 1. The Bertz CT molecular complexity index is 691. The minimum atomic E-state index is -0.902. The number of anilines is 1. The first-order valence-corrected chi connectivity index (χ1v) is 8.11. The third kappa shape index (κ3) is 2.65. The van der Waals surface area contributed by atoms with Crippen molar-refractivity contribution in [2.75, 3.05) is 31.8 Å². The van der Waals surface area contributed by atoms with Gasteiger partial charge in [0.05, 0.1) is 25.5 Å². The summed E-state index contributed by atoms with van der Waals surface area (Å²) >= 11 is 0. The van der Waals surface area contributed by atoms with Crippen molar-refractivity contribution in [3.63, 3.8) is 0 Å². The Balaban J connectivity index is 2.14. The van der Waals surface area contributed by atoms with E-state index in [4.69, 9.17) is 14.2 Å². The topological polar surface area (TPSA) is 68.2 Å². The van der Waals surface area contributed by atoms with E-state index in [-0.39, 0.29) is 12.4 Å². The van der Waals surface area contributed by atoms with Crippen LogP contribution in [0.3, 0.4) is 0 Å². The van der Waals surface area contributed by atoms with Gasteiger partial charge >= 0.3 is 5.97 Å². The number of rotatable bonds is 3. The Morgan fingerprint density at radius 3 is 2.71 bits per heavy atom. The lowest BCUT2D eigenvalue weighted by Crippen LogP contribution is -2.42. The lowest BCUT2D eigenvalue weighted by Gasteiger charge is -2.37. The summed E-state index contributed by atoms with van der Waals surface area (Å²) in [6.45, 7) is 6.87. The van der Waals surface area contributed by atoms with Crippen LogP contribution in [0.5, 0.6) is 0 Å². The molecule has 1 unspecified atom stereocenters. The Kier molecular flexibility index (Phi) is 4.27. The zero-order valence-electron chi connectivity index (χ0n) is 14.5. The molecule has 0 radical (unpaired) electrons. The Hall–Kier alpha value is -2.05. The van der Waals surface area contributed by atoms with Crippen molar-refractivity contribution in [3.05, 3.63) is 34.9 Å². The van der Waals surface area contributed by atoms with Gasteiger partial charge in [0.25, 0.3) is 0 Å². The van der Waals surface area contributed by atoms with E-state index < -0.39 is 17.8 Å². The summed E-state index contributed by atoms with van der Waals surface area (Å²) in [5.74, 6) is -1.24. The molecule has 2 aliphatic heterocycles. The van der Waals surface area contributed by atoms with E-state index in [9.17, 15) is 9.90 Å². The van der Waals surface area contributed by atoms with E-state index in [0.717, 1.165) is 16.8 Å². The highest BCUT2D eigenvalue weighted by molar-refractivity contribution is 5.91. The van der Waals surface area contributed by atoms with E-state index in [1.807, 2.05) is 26.0 Å². The van der Waals surface area contributed by atoms with Crippen molar-refractivity contribution in [1.29, 1.82) is 0 Å². The van der Waals surface area contributed by atoms with Gasteiger partial charge in [-0.2, -0.15) is 0 Å². The summed E-state index contributed by atoms with van der Waals surface area (Å²) in [6, 6.07) is 3.17. The zero-order chi connectivity index (χ0) is 17.5. The molecule has 2 heterocycles. The number of aliphatic hydroxyl groups excluding tert-OH is 1. The summed E-state index contributed by atoms with van der Waals surface area (Å²) in [5, 5.41) is 10.5. The van der Waals surface area contributed by atoms with Crippen LogP contribution in [-0.2, 0) is 24.8 Å². The van der Waals surface area contributed by atoms with E-state index in [1.165, 1.54) is 6.08 Å². The number of likely N-dealkylation sites (N-methyl/N-ethyl adjacent to an activating group) is 1. The fourth-order valence-corrected chi connectivity index (χ4v) is 3.31. The van der Waals surface area contributed by atoms with Gasteiger partial charge in [-0.05, 0) is 44.5 Å². The average molecular weight is 333 g/mol. The van der Waals surface area contributed by atoms with Gasteiger partial charge in [0.2, 0.25) is 0 Å². The molecule has 1 fully saturated rings. The van der Waals surface area contributed by atoms with Crippen molar-refractivity contribution in [2.24, 2.45) is 0 Å². The molecule has 0 amide bonds. The van der Waals surface area contributed by atoms with Crippen molar-refractivity contribution >= 4 is 17.4 Å². The SMILES string of the molecule is CCOC(=O)C1C=C(O)c2cc(C)cc(C3(C)OCCO3)c2N1C. The van der Waals surface area contributed by atoms with Gasteiger partial charge in [-0.1, -0.05) is 0 Å². The number of carbonyl (C=O) groups is 1. The molecular formula is C18H23NO5. The predicted octanol–water partition coefficient (Wildman–Crippen LogP) is 2.49. The summed E-state index contributed by atoms with van der Waals surface area (Å²) in [6.07, 6.45) is 1.52. The lowest BCUT2D eigenvalue weighted by atomic mass is 9.92. The third-order valence-electron chi connectivity index (χ3n) is 4.47. The average Bonchev–Trinajstić information content (AvgIpc) is 2.98. The molecule has 1 saturated heterocycles. The number of hydrogen-bond donors (Lipinski definition) is 1. The second-order valence-electron chi connectivity index (χ2n) is 6.21. The van der Waals surface area contributed by atoms with Gasteiger partial charge in [-0.3, -0.25) is 0 Å². The fourth-order valence-electron chi connectivity index (χ4n) is 3.31. The third-order valence-corrected chi connectivity index (χ3v) is 4.47. The van der Waals surface area contributed by atoms with Crippen LogP contribution in [0.1, 0.15) is 30.5 Å². The lowest BCUT2D eigenvalue weighted by molar-refractivity contribution is -0.149. The van der Waals surface area contributed by atoms with Crippen LogP contribution >= 0.6 is 0 Å². The molecule has 1 aromatic rings. The number of nitrogens with zero attached hydrogens (tertiary/aromatic N) is 1. The highest BCUT2D eigenvalue weighted by Crippen LogP contribution is 2.43. The van der Waals surface area contributed by atoms with Crippen molar-refractivity contribution in [2.45, 2.75) is 32.6 Å². The van der Waals surface area contributed by atoms with Crippen LogP contribution in [0.25, 0.3) is 5.76 Å². The Morgan fingerprint density at radius 2 is 2.08 bits per heavy atom. The molecule has 0 aromatic heterocycles. The molecule has 0 saturated carbocycles. The molecule has 2 aliphatic rings. The molecule has 3 rings (SSSR count). The maximum atomic E-state index is 12.3. The Morgan fingerprint density at radius 1 is 1.42 bits per heavy atom. The molecule has 24 heavy (non-hydrogen) atoms. The van der Waals surface area contributed by atoms with Crippen LogP contribution in [0.15, 0.2) is 18.2 Å². The van der Waals surface area contributed by atoms with E-state index in [2.05, 4.69) is 0 Å². The number of benzene rings is 1. The standard InChI is InChI=1S/C18H23NO5/c1-5-22-17(21)14-10-15(20)12-8-11(2)9-13(16(12)19(14)4)18(3)23-6-7-24-18/h8-10,14,20H,5-7H2,1-4H3. The van der Waals surface area contributed by atoms with Gasteiger partial charge in [0, 0.05) is 18.2 Å². The maximum absolute atomic E-state index is 12.3. The number of ether oxygens (including phenoxy) is 3. The molecular weight excluding hydrogens is 310 g/mol. The summed E-state index contributed by atoms with van der Waals surface area (Å²) in [7, 11) is 1.81. The van der Waals surface area contributed by atoms with Gasteiger partial charge in [-0.25, -0.2) is 4.79 Å². The van der Waals surface area contributed by atoms with Crippen LogP contribution < -0.4 is 4.90 Å². The molecule has 0 bridgehead atoms. The summed E-state index contributed by atoms with van der Waals surface area (Å²) < 4.78 is 16.7. The van der Waals surface area contributed by atoms with Gasteiger partial charge in [-0.15, -0.1) is 0 Å². The molecule has 1 N–H and O–H groups in total. The predicted molar refractivity (Wildman–Crippen MR) is 89.9 cm³/mol. The van der Waals surface area contributed by atoms with Gasteiger partial charge in [0.1, 0.15) is 11.8 Å². The fraction of sp³-hybridized carbons (Fsp3) is 0.500. The van der Waals surface area contributed by atoms with Crippen molar-refractivity contribution in [1.82, 2.24) is 0 Å². The first kappa shape index (κ1) is 16.8. The number of aliphatic hydroxyl groups is 1. The molecule has 6 heteroatoms. The molecule has 0 aliphatic carbocycles. The Labute approximate surface area is 141 Å². The van der Waals surface area contributed by atoms with Crippen molar-refractivity contribution in [3.8, 4) is 0 Å². The monoisotopic (exact) mass is 333 g/mol. The van der Waals surface area contributed by atoms with Crippen molar-refractivity contribution < 1.29 is 24.1 Å². The van der Waals surface area contributed by atoms with Crippen LogP contribution in [0.2, 0.25) is 0 Å². The molecule has 0 spiro atoms. The number of esters is 1. The van der Waals surface area contributed by atoms with E-state index in [1.54, 1.807) is 18.9 Å². The maximum Gasteiger partial charge on any atom is 0.332 e. The van der Waals surface area contributed by atoms with E-state index >= 15 is 0 Å². The number of carbonyl (C=O) groups excluding carboxylic acids is 1. The van der Waals surface area contributed by atoms with E-state index in [0.29, 0.717) is 18.8 Å². The molecule has 1 atom stereocenters. The van der Waals surface area contributed by atoms with Crippen LogP contribution in [-0.4, -0.2) is 44.0 Å². The second-order valence-corrected chi connectivity index (χ2v) is 6.21. The first-order chi connectivity index (χ1) is 11.4. The minimum Gasteiger partial charge on any atom is -0.507 e. The highest BCUT2D eigenvalue weighted by Gasteiger charge is 2.40. The smallest absolute Gasteiger partial charge is 0.332 e. The normalized spacial score (nSPS) is 22.1. The molecule has 1 aromatic carbocycles. The number of hydrogen-bond acceptors (Lipinski definition) is 6. The summed E-state index contributed by atoms with van der Waals surface area (Å²) in [5.41, 5.74) is 3.16. The largest absolute Gasteiger partial charge is 0.507 e. The molecule has 6 nitrogen and oxygen atoms in total. The van der Waals surface area contributed by atoms with Gasteiger partial charge in [0.15, 0.2) is 5.79 Å². The number of aryl methyl sites for hydroxylation is 1. The summed E-state index contributed by atoms with van der Waals surface area (Å²) in [4.78, 5) is 14.1. The van der Waals surface area contributed by atoms with Crippen LogP contribution in [0, 0.1) is 6.92 Å². The zero-order valence-corrected chi connectivity index (χ0v) is 14.5. The molecule has 130 valence electrons. The second kappa shape index (κ2) is 6.11. The first-order valence-electron chi connectivity index (χ1n) is 8.11. The van der Waals surface area contributed by atoms with Gasteiger partial charge < -0.3 is 24.2 Å². The minimum absolute atomic E-state index is 0.0627. The quantitative estimate of drug-likeness (QED) is 0.857. The van der Waals surface area contributed by atoms with Crippen LogP contribution in [0.4, 0.5) is 5.69 Å².